The molecule has 10 heteroatoms. The van der Waals surface area contributed by atoms with Crippen LogP contribution in [0.25, 0.3) is 6.08 Å². The molecule has 1 spiro atoms. The number of piperidine rings is 1. The van der Waals surface area contributed by atoms with Crippen molar-refractivity contribution in [2.45, 2.75) is 73.9 Å². The van der Waals surface area contributed by atoms with Crippen LogP contribution in [-0.2, 0) is 27.6 Å². The summed E-state index contributed by atoms with van der Waals surface area (Å²) in [6.07, 6.45) is 1.23. The number of nitrogens with zero attached hydrogens (tertiary/aromatic N) is 2. The fourth-order valence-corrected chi connectivity index (χ4v) is 9.97. The standard InChI is InChI=1S/C45H43F3N2O5/c1-3-24-49-25-23-43-40-33-18-19-37(54-29(2)51)41(40)55-42(43)36(21-22-44(43,53)38(49)27-33)50(39(52)20-17-30-11-10-16-34(26-30)45(46,47)48)28-35(31-12-6-4-7-13-31)32-14-8-5-9-15-32/h3-20,26,35-36,38,42,53H,1,21-25,27-28H2,2H3/t36-,38+,42-,43-,44+/m0/s1. The first-order chi connectivity index (χ1) is 26.4. The second-order valence-corrected chi connectivity index (χ2v) is 15.1. The Labute approximate surface area is 318 Å². The molecule has 2 heterocycles. The Morgan fingerprint density at radius 2 is 1.73 bits per heavy atom. The lowest BCUT2D eigenvalue weighted by atomic mass is 9.48. The highest BCUT2D eigenvalue weighted by molar-refractivity contribution is 5.92. The van der Waals surface area contributed by atoms with E-state index in [1.165, 1.54) is 31.2 Å². The SMILES string of the molecule is C=CCN1CC[C@]23c4c5ccc(OC(C)=O)c4O[C@H]2[C@@H](N(CC(c2ccccc2)c2ccccc2)C(=O)C=Cc2cccc(C(F)(F)F)c2)CC[C@@]3(O)[C@H]1C5. The normalized spacial score (nSPS) is 25.3. The quantitative estimate of drug-likeness (QED) is 0.0775. The van der Waals surface area contributed by atoms with Gasteiger partial charge in [-0.05, 0) is 78.8 Å². The van der Waals surface area contributed by atoms with Crippen LogP contribution in [0.2, 0.25) is 0 Å². The molecule has 8 rings (SSSR count). The first-order valence-corrected chi connectivity index (χ1v) is 18.8. The number of rotatable bonds is 10. The van der Waals surface area contributed by atoms with E-state index in [4.69, 9.17) is 9.47 Å². The van der Waals surface area contributed by atoms with Crippen molar-refractivity contribution in [1.29, 1.82) is 0 Å². The van der Waals surface area contributed by atoms with Crippen molar-refractivity contribution in [3.05, 3.63) is 149 Å². The van der Waals surface area contributed by atoms with E-state index in [0.717, 1.165) is 34.4 Å². The third-order valence-electron chi connectivity index (χ3n) is 12.2. The maximum atomic E-state index is 14.8. The number of alkyl halides is 3. The first kappa shape index (κ1) is 36.8. The van der Waals surface area contributed by atoms with Gasteiger partial charge in [0, 0.05) is 43.6 Å². The van der Waals surface area contributed by atoms with Crippen molar-refractivity contribution < 1.29 is 37.3 Å². The van der Waals surface area contributed by atoms with Crippen molar-refractivity contribution in [3.8, 4) is 11.5 Å². The number of benzene rings is 4. The van der Waals surface area contributed by atoms with Gasteiger partial charge in [-0.3, -0.25) is 14.5 Å². The molecule has 0 radical (unpaired) electrons. The number of aliphatic hydroxyl groups is 1. The number of esters is 1. The van der Waals surface area contributed by atoms with Crippen molar-refractivity contribution >= 4 is 18.0 Å². The molecule has 1 saturated carbocycles. The Morgan fingerprint density at radius 1 is 1.02 bits per heavy atom. The first-order valence-electron chi connectivity index (χ1n) is 18.8. The van der Waals surface area contributed by atoms with Crippen LogP contribution >= 0.6 is 0 Å². The zero-order valence-corrected chi connectivity index (χ0v) is 30.5. The molecule has 0 unspecified atom stereocenters. The number of ether oxygens (including phenoxy) is 2. The summed E-state index contributed by atoms with van der Waals surface area (Å²) in [7, 11) is 0. The smallest absolute Gasteiger partial charge is 0.416 e. The van der Waals surface area contributed by atoms with Gasteiger partial charge in [-0.25, -0.2) is 0 Å². The predicted octanol–water partition coefficient (Wildman–Crippen LogP) is 7.71. The predicted molar refractivity (Wildman–Crippen MR) is 203 cm³/mol. The van der Waals surface area contributed by atoms with E-state index in [0.29, 0.717) is 44.5 Å². The van der Waals surface area contributed by atoms with Gasteiger partial charge in [0.2, 0.25) is 5.91 Å². The molecule has 7 nitrogen and oxygen atoms in total. The number of likely N-dealkylation sites (tertiary alicyclic amines) is 1. The number of carbonyl (C=O) groups excluding carboxylic acids is 2. The summed E-state index contributed by atoms with van der Waals surface area (Å²) in [5.74, 6) is -0.461. The monoisotopic (exact) mass is 748 g/mol. The van der Waals surface area contributed by atoms with Crippen molar-refractivity contribution in [3.63, 3.8) is 0 Å². The number of hydrogen-bond donors (Lipinski definition) is 1. The van der Waals surface area contributed by atoms with Crippen LogP contribution in [-0.4, -0.2) is 70.2 Å². The van der Waals surface area contributed by atoms with E-state index in [2.05, 4.69) is 11.5 Å². The molecule has 5 atom stereocenters. The van der Waals surface area contributed by atoms with Gasteiger partial charge < -0.3 is 19.5 Å². The molecule has 2 aliphatic carbocycles. The average Bonchev–Trinajstić information content (AvgIpc) is 3.53. The summed E-state index contributed by atoms with van der Waals surface area (Å²) in [5, 5.41) is 13.1. The third-order valence-corrected chi connectivity index (χ3v) is 12.2. The summed E-state index contributed by atoms with van der Waals surface area (Å²) in [5.41, 5.74) is 1.10. The lowest BCUT2D eigenvalue weighted by molar-refractivity contribution is -0.199. The van der Waals surface area contributed by atoms with Crippen molar-refractivity contribution in [2.75, 3.05) is 19.6 Å². The molecule has 1 saturated heterocycles. The average molecular weight is 749 g/mol. The molecule has 55 heavy (non-hydrogen) atoms. The summed E-state index contributed by atoms with van der Waals surface area (Å²) in [6.45, 7) is 6.80. The fourth-order valence-electron chi connectivity index (χ4n) is 9.97. The van der Waals surface area contributed by atoms with Crippen molar-refractivity contribution in [1.82, 2.24) is 9.80 Å². The van der Waals surface area contributed by atoms with Gasteiger partial charge in [-0.2, -0.15) is 13.2 Å². The van der Waals surface area contributed by atoms with E-state index in [-0.39, 0.29) is 29.8 Å². The van der Waals surface area contributed by atoms with E-state index in [1.807, 2.05) is 72.8 Å². The second-order valence-electron chi connectivity index (χ2n) is 15.1. The van der Waals surface area contributed by atoms with Gasteiger partial charge in [0.05, 0.1) is 22.6 Å². The summed E-state index contributed by atoms with van der Waals surface area (Å²) >= 11 is 0. The van der Waals surface area contributed by atoms with Gasteiger partial charge in [0.25, 0.3) is 0 Å². The molecule has 4 aromatic carbocycles. The third kappa shape index (κ3) is 6.25. The molecule has 4 aromatic rings. The number of carbonyl (C=O) groups is 2. The topological polar surface area (TPSA) is 79.3 Å². The molecule has 4 aliphatic rings. The van der Waals surface area contributed by atoms with E-state index < -0.39 is 46.8 Å². The van der Waals surface area contributed by atoms with E-state index in [9.17, 15) is 27.9 Å². The number of amides is 1. The minimum atomic E-state index is -4.53. The molecular formula is C45H43F3N2O5. The van der Waals surface area contributed by atoms with Crippen LogP contribution in [0.5, 0.6) is 11.5 Å². The number of hydrogen-bond acceptors (Lipinski definition) is 6. The van der Waals surface area contributed by atoms with Crippen LogP contribution in [0.15, 0.2) is 116 Å². The summed E-state index contributed by atoms with van der Waals surface area (Å²) in [6, 6.07) is 27.6. The van der Waals surface area contributed by atoms with Gasteiger partial charge in [0.15, 0.2) is 11.5 Å². The largest absolute Gasteiger partial charge is 0.483 e. The Bertz CT molecular complexity index is 2100. The molecule has 1 amide bonds. The van der Waals surface area contributed by atoms with Gasteiger partial charge in [0.1, 0.15) is 6.10 Å². The fraction of sp³-hybridized carbons (Fsp3) is 0.333. The highest BCUT2D eigenvalue weighted by Crippen LogP contribution is 2.66. The minimum Gasteiger partial charge on any atom is -0.483 e. The molecule has 1 N–H and O–H groups in total. The molecule has 2 fully saturated rings. The van der Waals surface area contributed by atoms with Crippen LogP contribution in [0.4, 0.5) is 13.2 Å². The highest BCUT2D eigenvalue weighted by Gasteiger charge is 2.73. The Kier molecular flexibility index (Phi) is 9.46. The van der Waals surface area contributed by atoms with Crippen LogP contribution in [0, 0.1) is 0 Å². The maximum Gasteiger partial charge on any atom is 0.416 e. The molecule has 0 aromatic heterocycles. The lowest BCUT2D eigenvalue weighted by Gasteiger charge is -2.64. The van der Waals surface area contributed by atoms with Crippen molar-refractivity contribution in [2.24, 2.45) is 0 Å². The molecule has 2 bridgehead atoms. The highest BCUT2D eigenvalue weighted by atomic mass is 19.4. The summed E-state index contributed by atoms with van der Waals surface area (Å²) in [4.78, 5) is 31.2. The molecule has 2 aliphatic heterocycles. The van der Waals surface area contributed by atoms with Gasteiger partial charge in [-0.15, -0.1) is 6.58 Å². The van der Waals surface area contributed by atoms with E-state index in [1.54, 1.807) is 11.0 Å². The zero-order chi connectivity index (χ0) is 38.5. The Balaban J connectivity index is 1.26. The zero-order valence-electron chi connectivity index (χ0n) is 30.5. The lowest BCUT2D eigenvalue weighted by Crippen LogP contribution is -2.78. The van der Waals surface area contributed by atoms with Crippen LogP contribution in [0.3, 0.4) is 0 Å². The molecular weight excluding hydrogens is 705 g/mol. The van der Waals surface area contributed by atoms with Gasteiger partial charge in [-0.1, -0.05) is 84.9 Å². The van der Waals surface area contributed by atoms with Crippen LogP contribution in [0.1, 0.15) is 65.5 Å². The van der Waals surface area contributed by atoms with E-state index >= 15 is 0 Å². The second kappa shape index (κ2) is 14.1. The molecule has 284 valence electrons. The number of halogens is 3. The summed E-state index contributed by atoms with van der Waals surface area (Å²) < 4.78 is 53.6. The maximum absolute atomic E-state index is 14.8. The minimum absolute atomic E-state index is 0.227. The van der Waals surface area contributed by atoms with Gasteiger partial charge >= 0.3 is 12.1 Å². The Hall–Kier alpha value is -5.19. The van der Waals surface area contributed by atoms with Crippen LogP contribution < -0.4 is 9.47 Å². The Morgan fingerprint density at radius 3 is 2.38 bits per heavy atom.